The summed E-state index contributed by atoms with van der Waals surface area (Å²) in [5.41, 5.74) is 1.29. The number of carbonyl (C=O) groups excluding carboxylic acids is 1. The lowest BCUT2D eigenvalue weighted by molar-refractivity contribution is -0.131. The molecule has 17 heavy (non-hydrogen) atoms. The third-order valence-electron chi connectivity index (χ3n) is 3.31. The molecule has 1 heterocycles. The first-order valence-electron chi connectivity index (χ1n) is 6.17. The molecule has 0 spiro atoms. The molecule has 2 atom stereocenters. The SMILES string of the molecule is CC(Cl)C(=O)N1CCCC1Cc1ccccc1. The van der Waals surface area contributed by atoms with Crippen LogP contribution in [-0.4, -0.2) is 28.8 Å². The van der Waals surface area contributed by atoms with E-state index in [0.717, 1.165) is 25.8 Å². The highest BCUT2D eigenvalue weighted by Gasteiger charge is 2.30. The molecule has 0 aliphatic carbocycles. The number of carbonyl (C=O) groups is 1. The van der Waals surface area contributed by atoms with Crippen LogP contribution in [-0.2, 0) is 11.2 Å². The second kappa shape index (κ2) is 5.54. The number of benzene rings is 1. The minimum atomic E-state index is -0.411. The number of halogens is 1. The fourth-order valence-electron chi connectivity index (χ4n) is 2.45. The summed E-state index contributed by atoms with van der Waals surface area (Å²) in [5, 5.41) is -0.411. The molecule has 0 radical (unpaired) electrons. The first-order valence-corrected chi connectivity index (χ1v) is 6.60. The van der Waals surface area contributed by atoms with Gasteiger partial charge in [0.25, 0.3) is 0 Å². The molecule has 0 bridgehead atoms. The number of hydrogen-bond acceptors (Lipinski definition) is 1. The molecule has 0 saturated carbocycles. The van der Waals surface area contributed by atoms with Crippen LogP contribution in [0, 0.1) is 0 Å². The maximum atomic E-state index is 11.9. The van der Waals surface area contributed by atoms with Gasteiger partial charge in [-0.05, 0) is 31.7 Å². The van der Waals surface area contributed by atoms with Crippen molar-refractivity contribution in [2.75, 3.05) is 6.54 Å². The third kappa shape index (κ3) is 3.01. The zero-order chi connectivity index (χ0) is 12.3. The summed E-state index contributed by atoms with van der Waals surface area (Å²) in [6, 6.07) is 10.7. The van der Waals surface area contributed by atoms with E-state index >= 15 is 0 Å². The lowest BCUT2D eigenvalue weighted by atomic mass is 10.0. The van der Waals surface area contributed by atoms with Crippen molar-refractivity contribution in [2.24, 2.45) is 0 Å². The zero-order valence-electron chi connectivity index (χ0n) is 10.1. The van der Waals surface area contributed by atoms with E-state index in [9.17, 15) is 4.79 Å². The Morgan fingerprint density at radius 3 is 2.82 bits per heavy atom. The predicted octanol–water partition coefficient (Wildman–Crippen LogP) is 2.85. The Hall–Kier alpha value is -1.02. The lowest BCUT2D eigenvalue weighted by Crippen LogP contribution is -2.40. The van der Waals surface area contributed by atoms with Crippen LogP contribution in [0.2, 0.25) is 0 Å². The molecule has 92 valence electrons. The van der Waals surface area contributed by atoms with Crippen LogP contribution in [0.4, 0.5) is 0 Å². The average Bonchev–Trinajstić information content (AvgIpc) is 2.77. The molecule has 1 aromatic rings. The number of nitrogens with zero attached hydrogens (tertiary/aromatic N) is 1. The van der Waals surface area contributed by atoms with Gasteiger partial charge in [0.05, 0.1) is 0 Å². The molecule has 1 aliphatic rings. The third-order valence-corrected chi connectivity index (χ3v) is 3.50. The Kier molecular flexibility index (Phi) is 4.06. The van der Waals surface area contributed by atoms with Gasteiger partial charge in [-0.15, -0.1) is 11.6 Å². The van der Waals surface area contributed by atoms with Gasteiger partial charge >= 0.3 is 0 Å². The van der Waals surface area contributed by atoms with Crippen molar-refractivity contribution >= 4 is 17.5 Å². The summed E-state index contributed by atoms with van der Waals surface area (Å²) >= 11 is 5.89. The van der Waals surface area contributed by atoms with E-state index in [-0.39, 0.29) is 5.91 Å². The number of rotatable bonds is 3. The van der Waals surface area contributed by atoms with E-state index in [1.54, 1.807) is 6.92 Å². The summed E-state index contributed by atoms with van der Waals surface area (Å²) in [7, 11) is 0. The van der Waals surface area contributed by atoms with Gasteiger partial charge in [0.1, 0.15) is 5.38 Å². The van der Waals surface area contributed by atoms with Crippen molar-refractivity contribution in [3.63, 3.8) is 0 Å². The molecule has 1 amide bonds. The Labute approximate surface area is 108 Å². The van der Waals surface area contributed by atoms with Crippen molar-refractivity contribution in [1.82, 2.24) is 4.90 Å². The highest BCUT2D eigenvalue weighted by Crippen LogP contribution is 2.22. The minimum Gasteiger partial charge on any atom is -0.338 e. The molecule has 0 N–H and O–H groups in total. The molecule has 2 nitrogen and oxygen atoms in total. The standard InChI is InChI=1S/C14H18ClNO/c1-11(15)14(17)16-9-5-8-13(16)10-12-6-3-2-4-7-12/h2-4,6-7,11,13H,5,8-10H2,1H3. The minimum absolute atomic E-state index is 0.0742. The molecule has 1 saturated heterocycles. The van der Waals surface area contributed by atoms with Crippen molar-refractivity contribution in [3.05, 3.63) is 35.9 Å². The molecule has 1 aliphatic heterocycles. The van der Waals surface area contributed by atoms with Gasteiger partial charge in [0, 0.05) is 12.6 Å². The Bertz CT molecular complexity index is 377. The molecular formula is C14H18ClNO. The van der Waals surface area contributed by atoms with E-state index in [1.807, 2.05) is 23.1 Å². The summed E-state index contributed by atoms with van der Waals surface area (Å²) < 4.78 is 0. The fraction of sp³-hybridized carbons (Fsp3) is 0.500. The van der Waals surface area contributed by atoms with Gasteiger partial charge in [-0.25, -0.2) is 0 Å². The summed E-state index contributed by atoms with van der Waals surface area (Å²) in [6.07, 6.45) is 3.12. The van der Waals surface area contributed by atoms with E-state index in [1.165, 1.54) is 5.56 Å². The Morgan fingerprint density at radius 2 is 2.18 bits per heavy atom. The van der Waals surface area contributed by atoms with Crippen LogP contribution in [0.3, 0.4) is 0 Å². The first-order chi connectivity index (χ1) is 8.18. The van der Waals surface area contributed by atoms with Gasteiger partial charge in [0.2, 0.25) is 5.91 Å². The normalized spacial score (nSPS) is 21.5. The van der Waals surface area contributed by atoms with Gasteiger partial charge < -0.3 is 4.90 Å². The van der Waals surface area contributed by atoms with Crippen LogP contribution in [0.15, 0.2) is 30.3 Å². The van der Waals surface area contributed by atoms with E-state index in [4.69, 9.17) is 11.6 Å². The molecule has 3 heteroatoms. The molecule has 2 rings (SSSR count). The van der Waals surface area contributed by atoms with Crippen LogP contribution >= 0.6 is 11.6 Å². The van der Waals surface area contributed by atoms with Crippen molar-refractivity contribution < 1.29 is 4.79 Å². The van der Waals surface area contributed by atoms with Gasteiger partial charge in [-0.3, -0.25) is 4.79 Å². The van der Waals surface area contributed by atoms with E-state index in [0.29, 0.717) is 6.04 Å². The maximum absolute atomic E-state index is 11.9. The van der Waals surface area contributed by atoms with Crippen LogP contribution in [0.5, 0.6) is 0 Å². The monoisotopic (exact) mass is 251 g/mol. The van der Waals surface area contributed by atoms with Gasteiger partial charge in [-0.2, -0.15) is 0 Å². The van der Waals surface area contributed by atoms with E-state index in [2.05, 4.69) is 12.1 Å². The second-order valence-electron chi connectivity index (χ2n) is 4.63. The smallest absolute Gasteiger partial charge is 0.240 e. The quantitative estimate of drug-likeness (QED) is 0.757. The van der Waals surface area contributed by atoms with Crippen LogP contribution < -0.4 is 0 Å². The van der Waals surface area contributed by atoms with Crippen LogP contribution in [0.25, 0.3) is 0 Å². The molecule has 1 fully saturated rings. The molecule has 2 unspecified atom stereocenters. The highest BCUT2D eigenvalue weighted by molar-refractivity contribution is 6.30. The average molecular weight is 252 g/mol. The molecule has 0 aromatic heterocycles. The molecule has 1 aromatic carbocycles. The fourth-order valence-corrected chi connectivity index (χ4v) is 2.58. The summed E-state index contributed by atoms with van der Waals surface area (Å²) in [5.74, 6) is 0.0742. The molecular weight excluding hydrogens is 234 g/mol. The predicted molar refractivity (Wildman–Crippen MR) is 70.2 cm³/mol. The summed E-state index contributed by atoms with van der Waals surface area (Å²) in [4.78, 5) is 13.9. The van der Waals surface area contributed by atoms with Gasteiger partial charge in [-0.1, -0.05) is 30.3 Å². The number of likely N-dealkylation sites (tertiary alicyclic amines) is 1. The number of amides is 1. The van der Waals surface area contributed by atoms with E-state index < -0.39 is 5.38 Å². The van der Waals surface area contributed by atoms with Crippen molar-refractivity contribution in [1.29, 1.82) is 0 Å². The highest BCUT2D eigenvalue weighted by atomic mass is 35.5. The summed E-state index contributed by atoms with van der Waals surface area (Å²) in [6.45, 7) is 2.61. The van der Waals surface area contributed by atoms with Crippen molar-refractivity contribution in [2.45, 2.75) is 37.6 Å². The Morgan fingerprint density at radius 1 is 1.47 bits per heavy atom. The number of alkyl halides is 1. The maximum Gasteiger partial charge on any atom is 0.240 e. The second-order valence-corrected chi connectivity index (χ2v) is 5.29. The first kappa shape index (κ1) is 12.4. The van der Waals surface area contributed by atoms with Crippen molar-refractivity contribution in [3.8, 4) is 0 Å². The largest absolute Gasteiger partial charge is 0.338 e. The topological polar surface area (TPSA) is 20.3 Å². The van der Waals surface area contributed by atoms with Crippen LogP contribution in [0.1, 0.15) is 25.3 Å². The number of hydrogen-bond donors (Lipinski definition) is 0. The Balaban J connectivity index is 2.03. The lowest BCUT2D eigenvalue weighted by Gasteiger charge is -2.25. The zero-order valence-corrected chi connectivity index (χ0v) is 10.9. The van der Waals surface area contributed by atoms with Gasteiger partial charge in [0.15, 0.2) is 0 Å².